The van der Waals surface area contributed by atoms with Gasteiger partial charge in [0.25, 0.3) is 0 Å². The molecule has 0 aliphatic carbocycles. The lowest BCUT2D eigenvalue weighted by molar-refractivity contribution is -0.132. The van der Waals surface area contributed by atoms with E-state index < -0.39 is 10.0 Å². The number of hydrogen-bond donors (Lipinski definition) is 0. The van der Waals surface area contributed by atoms with Crippen LogP contribution >= 0.6 is 0 Å². The second-order valence-electron chi connectivity index (χ2n) is 9.97. The van der Waals surface area contributed by atoms with E-state index in [-0.39, 0.29) is 16.2 Å². The highest BCUT2D eigenvalue weighted by Gasteiger charge is 2.31. The van der Waals surface area contributed by atoms with Gasteiger partial charge in [-0.15, -0.1) is 0 Å². The highest BCUT2D eigenvalue weighted by molar-refractivity contribution is 7.89. The van der Waals surface area contributed by atoms with Crippen LogP contribution in [0.5, 0.6) is 0 Å². The van der Waals surface area contributed by atoms with Crippen LogP contribution in [0.25, 0.3) is 11.0 Å². The largest absolute Gasteiger partial charge is 0.340 e. The molecule has 32 heavy (non-hydrogen) atoms. The Balaban J connectivity index is 1.76. The number of imidazole rings is 1. The highest BCUT2D eigenvalue weighted by Crippen LogP contribution is 2.30. The average Bonchev–Trinajstić information content (AvgIpc) is 3.29. The van der Waals surface area contributed by atoms with E-state index in [1.807, 2.05) is 31.5 Å². The summed E-state index contributed by atoms with van der Waals surface area (Å²) in [6.07, 6.45) is 4.14. The van der Waals surface area contributed by atoms with Gasteiger partial charge in [-0.25, -0.2) is 13.4 Å². The highest BCUT2D eigenvalue weighted by atomic mass is 32.2. The van der Waals surface area contributed by atoms with Gasteiger partial charge in [-0.1, -0.05) is 34.6 Å². The average molecular weight is 463 g/mol. The van der Waals surface area contributed by atoms with E-state index in [0.29, 0.717) is 37.5 Å². The van der Waals surface area contributed by atoms with Crippen LogP contribution in [0.3, 0.4) is 0 Å². The Kier molecular flexibility index (Phi) is 7.34. The van der Waals surface area contributed by atoms with Crippen molar-refractivity contribution in [3.05, 3.63) is 24.0 Å². The number of amides is 1. The Morgan fingerprint density at radius 1 is 1.22 bits per heavy atom. The first kappa shape index (κ1) is 24.7. The first-order valence-electron chi connectivity index (χ1n) is 11.7. The first-order valence-corrected chi connectivity index (χ1v) is 13.2. The lowest BCUT2D eigenvalue weighted by Gasteiger charge is -2.30. The zero-order valence-electron chi connectivity index (χ0n) is 20.4. The predicted octanol–water partition coefficient (Wildman–Crippen LogP) is 3.96. The summed E-state index contributed by atoms with van der Waals surface area (Å²) in [5.41, 5.74) is 1.72. The summed E-state index contributed by atoms with van der Waals surface area (Å²) in [5, 5.41) is 0. The molecule has 1 fully saturated rings. The van der Waals surface area contributed by atoms with Crippen LogP contribution in [0.15, 0.2) is 23.1 Å². The number of nitrogens with zero attached hydrogens (tertiary/aromatic N) is 4. The molecule has 3 rings (SSSR count). The summed E-state index contributed by atoms with van der Waals surface area (Å²) in [6.45, 7) is 12.0. The quantitative estimate of drug-likeness (QED) is 0.595. The SMILES string of the molecule is CCN(CC)S(=O)(=O)c1ccc2c(c1)nc(CCC(=O)N1CCCC1CC(C)(C)C)n2C. The molecule has 0 spiro atoms. The topological polar surface area (TPSA) is 75.5 Å². The molecular weight excluding hydrogens is 424 g/mol. The van der Waals surface area contributed by atoms with Gasteiger partial charge in [0.05, 0.1) is 15.9 Å². The summed E-state index contributed by atoms with van der Waals surface area (Å²) >= 11 is 0. The van der Waals surface area contributed by atoms with Crippen LogP contribution in [0, 0.1) is 5.41 Å². The summed E-state index contributed by atoms with van der Waals surface area (Å²) in [7, 11) is -1.61. The molecule has 8 heteroatoms. The minimum Gasteiger partial charge on any atom is -0.340 e. The lowest BCUT2D eigenvalue weighted by Crippen LogP contribution is -2.37. The van der Waals surface area contributed by atoms with Crippen molar-refractivity contribution in [2.24, 2.45) is 12.5 Å². The van der Waals surface area contributed by atoms with Gasteiger partial charge in [-0.3, -0.25) is 4.79 Å². The van der Waals surface area contributed by atoms with Gasteiger partial charge in [0.15, 0.2) is 0 Å². The molecule has 1 unspecified atom stereocenters. The number of likely N-dealkylation sites (tertiary alicyclic amines) is 1. The third-order valence-electron chi connectivity index (χ3n) is 6.40. The Labute approximate surface area is 192 Å². The third kappa shape index (κ3) is 5.17. The second-order valence-corrected chi connectivity index (χ2v) is 11.9. The summed E-state index contributed by atoms with van der Waals surface area (Å²) < 4.78 is 29.1. The van der Waals surface area contributed by atoms with E-state index in [4.69, 9.17) is 0 Å². The number of benzene rings is 1. The van der Waals surface area contributed by atoms with Crippen molar-refractivity contribution in [3.63, 3.8) is 0 Å². The van der Waals surface area contributed by atoms with Gasteiger partial charge in [-0.05, 0) is 42.9 Å². The fourth-order valence-corrected chi connectivity index (χ4v) is 6.25. The molecule has 1 aromatic heterocycles. The van der Waals surface area contributed by atoms with Gasteiger partial charge in [0.1, 0.15) is 5.82 Å². The maximum absolute atomic E-state index is 13.0. The monoisotopic (exact) mass is 462 g/mol. The second kappa shape index (κ2) is 9.51. The molecule has 178 valence electrons. The Morgan fingerprint density at radius 3 is 2.53 bits per heavy atom. The minimum atomic E-state index is -3.53. The van der Waals surface area contributed by atoms with Gasteiger partial charge in [0.2, 0.25) is 15.9 Å². The Hall–Kier alpha value is -1.93. The van der Waals surface area contributed by atoms with Crippen LogP contribution in [0.2, 0.25) is 0 Å². The molecule has 1 aliphatic rings. The van der Waals surface area contributed by atoms with Crippen molar-refractivity contribution in [1.82, 2.24) is 18.8 Å². The zero-order valence-corrected chi connectivity index (χ0v) is 21.2. The molecule has 1 atom stereocenters. The molecule has 7 nitrogen and oxygen atoms in total. The Morgan fingerprint density at radius 2 is 1.91 bits per heavy atom. The molecule has 2 heterocycles. The number of carbonyl (C=O) groups excluding carboxylic acids is 1. The third-order valence-corrected chi connectivity index (χ3v) is 8.44. The fraction of sp³-hybridized carbons (Fsp3) is 0.667. The van der Waals surface area contributed by atoms with Crippen LogP contribution in [0.4, 0.5) is 0 Å². The number of aryl methyl sites for hydroxylation is 2. The summed E-state index contributed by atoms with van der Waals surface area (Å²) in [5.74, 6) is 0.992. The van der Waals surface area contributed by atoms with Crippen molar-refractivity contribution in [2.45, 2.75) is 77.7 Å². The summed E-state index contributed by atoms with van der Waals surface area (Å²) in [6, 6.07) is 5.43. The van der Waals surface area contributed by atoms with E-state index in [0.717, 1.165) is 37.1 Å². The van der Waals surface area contributed by atoms with Crippen LogP contribution in [-0.2, 0) is 28.3 Å². The molecule has 1 amide bonds. The van der Waals surface area contributed by atoms with Gasteiger partial charge >= 0.3 is 0 Å². The van der Waals surface area contributed by atoms with E-state index in [1.54, 1.807) is 12.1 Å². The van der Waals surface area contributed by atoms with Crippen molar-refractivity contribution < 1.29 is 13.2 Å². The minimum absolute atomic E-state index is 0.189. The standard InChI is InChI=1S/C24H38N4O3S/c1-7-27(8-2)32(30,31)19-11-12-21-20(16-19)25-22(26(21)6)13-14-23(29)28-15-9-10-18(28)17-24(3,4)5/h11-12,16,18H,7-10,13-15,17H2,1-6H3. The fourth-order valence-electron chi connectivity index (χ4n) is 4.77. The molecule has 0 bridgehead atoms. The number of sulfonamides is 1. The number of fused-ring (bicyclic) bond motifs is 1. The molecule has 1 aromatic carbocycles. The van der Waals surface area contributed by atoms with E-state index >= 15 is 0 Å². The van der Waals surface area contributed by atoms with Gasteiger partial charge in [0, 0.05) is 45.6 Å². The number of carbonyl (C=O) groups is 1. The van der Waals surface area contributed by atoms with E-state index in [2.05, 4.69) is 30.7 Å². The molecule has 1 saturated heterocycles. The number of hydrogen-bond acceptors (Lipinski definition) is 4. The van der Waals surface area contributed by atoms with Crippen molar-refractivity contribution in [1.29, 1.82) is 0 Å². The summed E-state index contributed by atoms with van der Waals surface area (Å²) in [4.78, 5) is 20.0. The van der Waals surface area contributed by atoms with E-state index in [9.17, 15) is 13.2 Å². The van der Waals surface area contributed by atoms with Crippen LogP contribution in [-0.4, -0.2) is 58.8 Å². The maximum atomic E-state index is 13.0. The van der Waals surface area contributed by atoms with E-state index in [1.165, 1.54) is 4.31 Å². The smallest absolute Gasteiger partial charge is 0.243 e. The van der Waals surface area contributed by atoms with Gasteiger partial charge < -0.3 is 9.47 Å². The molecule has 0 N–H and O–H groups in total. The molecular formula is C24H38N4O3S. The molecule has 0 saturated carbocycles. The maximum Gasteiger partial charge on any atom is 0.243 e. The molecule has 2 aromatic rings. The number of rotatable bonds is 8. The normalized spacial score (nSPS) is 17.6. The van der Waals surface area contributed by atoms with Crippen LogP contribution < -0.4 is 0 Å². The van der Waals surface area contributed by atoms with Crippen molar-refractivity contribution in [2.75, 3.05) is 19.6 Å². The van der Waals surface area contributed by atoms with Crippen LogP contribution in [0.1, 0.15) is 66.1 Å². The molecule has 1 aliphatic heterocycles. The zero-order chi connectivity index (χ0) is 23.7. The number of aromatic nitrogens is 2. The predicted molar refractivity (Wildman–Crippen MR) is 128 cm³/mol. The molecule has 0 radical (unpaired) electrons. The van der Waals surface area contributed by atoms with Crippen molar-refractivity contribution >= 4 is 27.0 Å². The van der Waals surface area contributed by atoms with Gasteiger partial charge in [-0.2, -0.15) is 4.31 Å². The lowest BCUT2D eigenvalue weighted by atomic mass is 9.87. The van der Waals surface area contributed by atoms with Crippen molar-refractivity contribution in [3.8, 4) is 0 Å². The Bertz CT molecular complexity index is 1060. The first-order chi connectivity index (χ1) is 15.0.